The third-order valence-electron chi connectivity index (χ3n) is 3.19. The molecule has 0 aliphatic heterocycles. The van der Waals surface area contributed by atoms with Crippen molar-refractivity contribution in [1.82, 2.24) is 4.72 Å². The monoisotopic (exact) mass is 344 g/mol. The second-order valence-electron chi connectivity index (χ2n) is 4.91. The van der Waals surface area contributed by atoms with E-state index in [1.807, 2.05) is 26.0 Å². The molecule has 7 heteroatoms. The van der Waals surface area contributed by atoms with E-state index in [9.17, 15) is 8.42 Å². The Hall–Kier alpha value is -1.08. The molecule has 0 aliphatic rings. The first-order chi connectivity index (χ1) is 9.70. The Balaban J connectivity index is 2.30. The smallest absolute Gasteiger partial charge is 0.241 e. The van der Waals surface area contributed by atoms with Gasteiger partial charge in [-0.05, 0) is 50.6 Å². The van der Waals surface area contributed by atoms with E-state index in [4.69, 9.17) is 17.3 Å². The number of sulfonamides is 1. The molecule has 3 N–H and O–H groups in total. The van der Waals surface area contributed by atoms with Crippen LogP contribution in [0, 0.1) is 13.8 Å². The number of nitrogens with two attached hydrogens (primary N) is 1. The first kappa shape index (κ1) is 16.3. The Kier molecular flexibility index (Phi) is 4.63. The average Bonchev–Trinajstić information content (AvgIpc) is 2.81. The second-order valence-corrected chi connectivity index (χ2v) is 8.35. The Morgan fingerprint density at radius 2 is 1.95 bits per heavy atom. The number of hydrogen-bond donors (Lipinski definition) is 2. The molecule has 1 aromatic carbocycles. The number of nitrogens with one attached hydrogen (secondary N) is 1. The van der Waals surface area contributed by atoms with Crippen molar-refractivity contribution in [3.05, 3.63) is 44.6 Å². The maximum absolute atomic E-state index is 12.4. The van der Waals surface area contributed by atoms with Crippen molar-refractivity contribution >= 4 is 38.6 Å². The molecule has 1 aromatic heterocycles. The summed E-state index contributed by atoms with van der Waals surface area (Å²) >= 11 is 7.57. The summed E-state index contributed by atoms with van der Waals surface area (Å²) in [6.07, 6.45) is 0. The third-order valence-corrected chi connectivity index (χ3v) is 6.28. The van der Waals surface area contributed by atoms with Crippen LogP contribution < -0.4 is 10.5 Å². The van der Waals surface area contributed by atoms with Crippen LogP contribution in [-0.2, 0) is 10.0 Å². The van der Waals surface area contributed by atoms with Crippen molar-refractivity contribution in [3.8, 4) is 0 Å². The van der Waals surface area contributed by atoms with Gasteiger partial charge in [-0.25, -0.2) is 13.1 Å². The zero-order chi connectivity index (χ0) is 15.8. The molecule has 4 nitrogen and oxygen atoms in total. The van der Waals surface area contributed by atoms with Crippen LogP contribution in [0.25, 0.3) is 0 Å². The summed E-state index contributed by atoms with van der Waals surface area (Å²) in [4.78, 5) is 2.18. The Labute approximate surface area is 134 Å². The molecular formula is C14H17ClN2O2S2. The molecule has 114 valence electrons. The number of anilines is 1. The maximum atomic E-state index is 12.4. The topological polar surface area (TPSA) is 72.2 Å². The fourth-order valence-electron chi connectivity index (χ4n) is 1.87. The van der Waals surface area contributed by atoms with Gasteiger partial charge in [0.25, 0.3) is 0 Å². The first-order valence-corrected chi connectivity index (χ1v) is 9.03. The lowest BCUT2D eigenvalue weighted by Crippen LogP contribution is -2.26. The van der Waals surface area contributed by atoms with E-state index in [1.165, 1.54) is 12.1 Å². The summed E-state index contributed by atoms with van der Waals surface area (Å²) in [5, 5.41) is 0.343. The summed E-state index contributed by atoms with van der Waals surface area (Å²) in [5.41, 5.74) is 6.83. The lowest BCUT2D eigenvalue weighted by Gasteiger charge is -2.14. The van der Waals surface area contributed by atoms with Crippen LogP contribution in [0.3, 0.4) is 0 Å². The summed E-state index contributed by atoms with van der Waals surface area (Å²) in [6.45, 7) is 5.54. The van der Waals surface area contributed by atoms with Crippen molar-refractivity contribution < 1.29 is 8.42 Å². The number of rotatable bonds is 4. The molecule has 1 atom stereocenters. The lowest BCUT2D eigenvalue weighted by atomic mass is 10.2. The molecule has 0 radical (unpaired) electrons. The van der Waals surface area contributed by atoms with E-state index in [0.29, 0.717) is 16.3 Å². The van der Waals surface area contributed by atoms with Crippen molar-refractivity contribution in [2.24, 2.45) is 0 Å². The number of halogens is 1. The fraction of sp³-hybridized carbons (Fsp3) is 0.286. The molecule has 0 spiro atoms. The normalized spacial score (nSPS) is 13.3. The van der Waals surface area contributed by atoms with E-state index in [2.05, 4.69) is 4.72 Å². The van der Waals surface area contributed by atoms with Crippen molar-refractivity contribution in [1.29, 1.82) is 0 Å². The molecule has 0 saturated carbocycles. The van der Waals surface area contributed by atoms with Crippen LogP contribution >= 0.6 is 22.9 Å². The van der Waals surface area contributed by atoms with Gasteiger partial charge in [0.15, 0.2) is 0 Å². The summed E-state index contributed by atoms with van der Waals surface area (Å²) in [7, 11) is -3.67. The standard InChI is InChI=1S/C14H17ClN2O2S2/c1-8-4-5-14(20-8)10(3)17-21(18,19)11-6-12(15)9(2)13(16)7-11/h4-7,10,17H,16H2,1-3H3. The van der Waals surface area contributed by atoms with Gasteiger partial charge >= 0.3 is 0 Å². The number of aryl methyl sites for hydroxylation is 1. The highest BCUT2D eigenvalue weighted by Gasteiger charge is 2.21. The van der Waals surface area contributed by atoms with E-state index in [1.54, 1.807) is 18.3 Å². The zero-order valence-corrected chi connectivity index (χ0v) is 14.4. The second kappa shape index (κ2) is 5.96. The molecule has 0 fully saturated rings. The molecule has 0 saturated heterocycles. The minimum absolute atomic E-state index is 0.0794. The number of thiophene rings is 1. The van der Waals surface area contributed by atoms with Crippen LogP contribution in [0.1, 0.15) is 28.3 Å². The molecule has 0 bridgehead atoms. The van der Waals surface area contributed by atoms with E-state index < -0.39 is 10.0 Å². The van der Waals surface area contributed by atoms with Gasteiger partial charge in [-0.3, -0.25) is 0 Å². The Morgan fingerprint density at radius 3 is 2.48 bits per heavy atom. The SMILES string of the molecule is Cc1ccc(C(C)NS(=O)(=O)c2cc(N)c(C)c(Cl)c2)s1. The first-order valence-electron chi connectivity index (χ1n) is 6.35. The predicted molar refractivity (Wildman–Crippen MR) is 88.4 cm³/mol. The highest BCUT2D eigenvalue weighted by Crippen LogP contribution is 2.28. The van der Waals surface area contributed by atoms with E-state index >= 15 is 0 Å². The van der Waals surface area contributed by atoms with E-state index in [0.717, 1.165) is 9.75 Å². The van der Waals surface area contributed by atoms with Gasteiger partial charge in [-0.15, -0.1) is 11.3 Å². The largest absolute Gasteiger partial charge is 0.398 e. The fourth-order valence-corrected chi connectivity index (χ4v) is 4.40. The zero-order valence-electron chi connectivity index (χ0n) is 12.0. The molecule has 1 unspecified atom stereocenters. The summed E-state index contributed by atoms with van der Waals surface area (Å²) in [5.74, 6) is 0. The molecule has 2 aromatic rings. The van der Waals surface area contributed by atoms with Crippen LogP contribution in [0.15, 0.2) is 29.2 Å². The van der Waals surface area contributed by atoms with Gasteiger partial charge in [0.05, 0.1) is 10.9 Å². The van der Waals surface area contributed by atoms with Gasteiger partial charge in [0, 0.05) is 20.5 Å². The van der Waals surface area contributed by atoms with Crippen LogP contribution in [0.4, 0.5) is 5.69 Å². The minimum atomic E-state index is -3.67. The predicted octanol–water partition coefficient (Wildman–Crippen LogP) is 3.64. The van der Waals surface area contributed by atoms with Crippen molar-refractivity contribution in [2.45, 2.75) is 31.7 Å². The number of benzene rings is 1. The molecule has 21 heavy (non-hydrogen) atoms. The number of hydrogen-bond acceptors (Lipinski definition) is 4. The maximum Gasteiger partial charge on any atom is 0.241 e. The van der Waals surface area contributed by atoms with Gasteiger partial charge < -0.3 is 5.73 Å². The van der Waals surface area contributed by atoms with E-state index in [-0.39, 0.29) is 10.9 Å². The van der Waals surface area contributed by atoms with Gasteiger partial charge in [0.1, 0.15) is 0 Å². The third kappa shape index (κ3) is 3.58. The summed E-state index contributed by atoms with van der Waals surface area (Å²) < 4.78 is 27.5. The quantitative estimate of drug-likeness (QED) is 0.832. The van der Waals surface area contributed by atoms with Crippen LogP contribution in [-0.4, -0.2) is 8.42 Å². The molecule has 2 rings (SSSR count). The van der Waals surface area contributed by atoms with Gasteiger partial charge in [0.2, 0.25) is 10.0 Å². The summed E-state index contributed by atoms with van der Waals surface area (Å²) in [6, 6.07) is 6.42. The number of nitrogen functional groups attached to an aromatic ring is 1. The van der Waals surface area contributed by atoms with Crippen LogP contribution in [0.5, 0.6) is 0 Å². The molecular weight excluding hydrogens is 328 g/mol. The Bertz CT molecular complexity index is 746. The Morgan fingerprint density at radius 1 is 1.29 bits per heavy atom. The molecule has 1 heterocycles. The van der Waals surface area contributed by atoms with Gasteiger partial charge in [-0.2, -0.15) is 0 Å². The molecule has 0 aliphatic carbocycles. The van der Waals surface area contributed by atoms with Gasteiger partial charge in [-0.1, -0.05) is 11.6 Å². The lowest BCUT2D eigenvalue weighted by molar-refractivity contribution is 0.568. The highest BCUT2D eigenvalue weighted by atomic mass is 35.5. The highest BCUT2D eigenvalue weighted by molar-refractivity contribution is 7.89. The minimum Gasteiger partial charge on any atom is -0.398 e. The average molecular weight is 345 g/mol. The van der Waals surface area contributed by atoms with Crippen LogP contribution in [0.2, 0.25) is 5.02 Å². The molecule has 0 amide bonds. The van der Waals surface area contributed by atoms with Crippen molar-refractivity contribution in [3.63, 3.8) is 0 Å². The van der Waals surface area contributed by atoms with Crippen molar-refractivity contribution in [2.75, 3.05) is 5.73 Å².